The van der Waals surface area contributed by atoms with Crippen LogP contribution in [-0.2, 0) is 7.05 Å². The summed E-state index contributed by atoms with van der Waals surface area (Å²) in [5.74, 6) is 0.470. The zero-order valence-electron chi connectivity index (χ0n) is 19.0. The summed E-state index contributed by atoms with van der Waals surface area (Å²) in [5, 5.41) is 4.93. The maximum absolute atomic E-state index is 13.1. The van der Waals surface area contributed by atoms with Crippen LogP contribution in [0.4, 0.5) is 0 Å². The lowest BCUT2D eigenvalue weighted by Gasteiger charge is -2.32. The van der Waals surface area contributed by atoms with Crippen LogP contribution >= 0.6 is 0 Å². The normalized spacial score (nSPS) is 14.3. The van der Waals surface area contributed by atoms with Crippen LogP contribution in [0.2, 0.25) is 0 Å². The minimum atomic E-state index is -0.280. The summed E-state index contributed by atoms with van der Waals surface area (Å²) in [4.78, 5) is 39.9. The first kappa shape index (κ1) is 22.6. The number of piperidine rings is 1. The van der Waals surface area contributed by atoms with Crippen LogP contribution in [0.5, 0.6) is 5.75 Å². The summed E-state index contributed by atoms with van der Waals surface area (Å²) in [6, 6.07) is 14.9. The van der Waals surface area contributed by atoms with Crippen LogP contribution in [0.15, 0.2) is 59.5 Å². The van der Waals surface area contributed by atoms with E-state index in [9.17, 15) is 14.4 Å². The van der Waals surface area contributed by atoms with Gasteiger partial charge in [0.05, 0.1) is 12.2 Å². The zero-order chi connectivity index (χ0) is 23.4. The lowest BCUT2D eigenvalue weighted by Crippen LogP contribution is -2.43. The summed E-state index contributed by atoms with van der Waals surface area (Å²) in [6.07, 6.45) is 3.18. The van der Waals surface area contributed by atoms with Crippen molar-refractivity contribution in [3.05, 3.63) is 76.2 Å². The highest BCUT2D eigenvalue weighted by Gasteiger charge is 2.26. The molecule has 7 heteroatoms. The van der Waals surface area contributed by atoms with Crippen LogP contribution in [0.25, 0.3) is 10.8 Å². The van der Waals surface area contributed by atoms with Gasteiger partial charge in [0, 0.05) is 32.9 Å². The number of amides is 2. The van der Waals surface area contributed by atoms with Crippen LogP contribution in [0.3, 0.4) is 0 Å². The molecule has 1 N–H and O–H groups in total. The summed E-state index contributed by atoms with van der Waals surface area (Å²) in [7, 11) is 1.64. The minimum Gasteiger partial charge on any atom is -0.493 e. The molecule has 1 aromatic heterocycles. The third-order valence-electron chi connectivity index (χ3n) is 6.22. The number of likely N-dealkylation sites (tertiary alicyclic amines) is 1. The Hall–Kier alpha value is -3.61. The van der Waals surface area contributed by atoms with Crippen molar-refractivity contribution in [2.24, 2.45) is 13.0 Å². The number of hydrogen-bond acceptors (Lipinski definition) is 4. The molecule has 2 heterocycles. The molecule has 33 heavy (non-hydrogen) atoms. The van der Waals surface area contributed by atoms with Crippen LogP contribution in [0, 0.1) is 5.92 Å². The Labute approximate surface area is 193 Å². The second kappa shape index (κ2) is 9.90. The van der Waals surface area contributed by atoms with Gasteiger partial charge in [-0.15, -0.1) is 0 Å². The van der Waals surface area contributed by atoms with Crippen molar-refractivity contribution < 1.29 is 14.3 Å². The van der Waals surface area contributed by atoms with E-state index in [1.165, 1.54) is 4.57 Å². The van der Waals surface area contributed by atoms with Crippen molar-refractivity contribution in [2.45, 2.75) is 19.8 Å². The Kier molecular flexibility index (Phi) is 6.77. The van der Waals surface area contributed by atoms with Crippen molar-refractivity contribution >= 4 is 22.6 Å². The molecule has 0 bridgehead atoms. The number of ether oxygens (including phenoxy) is 1. The third-order valence-corrected chi connectivity index (χ3v) is 6.22. The molecule has 0 radical (unpaired) electrons. The first-order valence-electron chi connectivity index (χ1n) is 11.4. The molecule has 1 aliphatic rings. The van der Waals surface area contributed by atoms with Crippen molar-refractivity contribution in [1.82, 2.24) is 14.8 Å². The van der Waals surface area contributed by atoms with Crippen molar-refractivity contribution in [1.29, 1.82) is 0 Å². The number of aryl methyl sites for hydroxylation is 1. The topological polar surface area (TPSA) is 80.6 Å². The molecule has 1 saturated heterocycles. The number of rotatable bonds is 6. The number of pyridine rings is 1. The second-order valence-electron chi connectivity index (χ2n) is 8.38. The largest absolute Gasteiger partial charge is 0.493 e. The molecule has 0 saturated carbocycles. The Morgan fingerprint density at radius 3 is 2.58 bits per heavy atom. The summed E-state index contributed by atoms with van der Waals surface area (Å²) in [6.45, 7) is 4.04. The number of carbonyl (C=O) groups excluding carboxylic acids is 2. The molecule has 0 unspecified atom stereocenters. The van der Waals surface area contributed by atoms with Crippen LogP contribution in [-0.4, -0.2) is 47.5 Å². The van der Waals surface area contributed by atoms with E-state index in [1.54, 1.807) is 30.3 Å². The molecule has 4 rings (SSSR count). The van der Waals surface area contributed by atoms with Crippen LogP contribution < -0.4 is 15.6 Å². The monoisotopic (exact) mass is 447 g/mol. The van der Waals surface area contributed by atoms with E-state index in [0.29, 0.717) is 37.6 Å². The summed E-state index contributed by atoms with van der Waals surface area (Å²) >= 11 is 0. The molecular weight excluding hydrogens is 418 g/mol. The van der Waals surface area contributed by atoms with Crippen LogP contribution in [0.1, 0.15) is 40.5 Å². The number of carbonyl (C=O) groups is 2. The average Bonchev–Trinajstić information content (AvgIpc) is 2.84. The first-order chi connectivity index (χ1) is 16.0. The van der Waals surface area contributed by atoms with Gasteiger partial charge in [0.2, 0.25) is 0 Å². The fourth-order valence-electron chi connectivity index (χ4n) is 4.36. The Morgan fingerprint density at radius 1 is 1.06 bits per heavy atom. The van der Waals surface area contributed by atoms with Gasteiger partial charge in [0.15, 0.2) is 0 Å². The summed E-state index contributed by atoms with van der Waals surface area (Å²) in [5.41, 5.74) is 0.478. The molecule has 0 spiro atoms. The molecule has 3 aromatic rings. The number of benzene rings is 2. The molecule has 0 aliphatic carbocycles. The molecule has 1 fully saturated rings. The number of aromatic nitrogens is 1. The van der Waals surface area contributed by atoms with Gasteiger partial charge in [-0.25, -0.2) is 0 Å². The molecule has 1 aliphatic heterocycles. The highest BCUT2D eigenvalue weighted by Crippen LogP contribution is 2.28. The lowest BCUT2D eigenvalue weighted by atomic mass is 9.96. The standard InChI is InChI=1S/C26H29N3O4/c1-3-33-22-11-10-19-7-4-5-8-20(19)23(22)24(30)27-17-18-12-15-29(16-13-18)26(32)21-9-6-14-28(2)25(21)31/h4-11,14,18H,3,12-13,15-17H2,1-2H3,(H,27,30). The Morgan fingerprint density at radius 2 is 1.82 bits per heavy atom. The third kappa shape index (κ3) is 4.77. The SMILES string of the molecule is CCOc1ccc2ccccc2c1C(=O)NCC1CCN(C(=O)c2cccn(C)c2=O)CC1. The maximum Gasteiger partial charge on any atom is 0.263 e. The Bertz CT molecular complexity index is 1230. The molecule has 2 amide bonds. The predicted octanol–water partition coefficient (Wildman–Crippen LogP) is 3.22. The van der Waals surface area contributed by atoms with E-state index in [4.69, 9.17) is 4.74 Å². The van der Waals surface area contributed by atoms with Crippen molar-refractivity contribution in [2.75, 3.05) is 26.2 Å². The average molecular weight is 448 g/mol. The highest BCUT2D eigenvalue weighted by atomic mass is 16.5. The fraction of sp³-hybridized carbons (Fsp3) is 0.346. The van der Waals surface area contributed by atoms with Gasteiger partial charge in [-0.2, -0.15) is 0 Å². The molecular formula is C26H29N3O4. The predicted molar refractivity (Wildman–Crippen MR) is 128 cm³/mol. The number of nitrogens with zero attached hydrogens (tertiary/aromatic N) is 2. The van der Waals surface area contributed by atoms with E-state index in [0.717, 1.165) is 23.6 Å². The first-order valence-corrected chi connectivity index (χ1v) is 11.4. The van der Waals surface area contributed by atoms with E-state index in [-0.39, 0.29) is 28.9 Å². The van der Waals surface area contributed by atoms with Gasteiger partial charge >= 0.3 is 0 Å². The second-order valence-corrected chi connectivity index (χ2v) is 8.38. The van der Waals surface area contributed by atoms with E-state index < -0.39 is 0 Å². The number of nitrogens with one attached hydrogen (secondary N) is 1. The number of hydrogen-bond donors (Lipinski definition) is 1. The Balaban J connectivity index is 1.39. The fourth-order valence-corrected chi connectivity index (χ4v) is 4.36. The molecule has 7 nitrogen and oxygen atoms in total. The van der Waals surface area contributed by atoms with Gasteiger partial charge in [-0.3, -0.25) is 14.4 Å². The van der Waals surface area contributed by atoms with Crippen molar-refractivity contribution in [3.8, 4) is 5.75 Å². The van der Waals surface area contributed by atoms with Crippen molar-refractivity contribution in [3.63, 3.8) is 0 Å². The zero-order valence-corrected chi connectivity index (χ0v) is 19.0. The quantitative estimate of drug-likeness (QED) is 0.629. The highest BCUT2D eigenvalue weighted by molar-refractivity contribution is 6.09. The van der Waals surface area contributed by atoms with Gasteiger partial charge in [0.25, 0.3) is 17.4 Å². The van der Waals surface area contributed by atoms with E-state index in [1.807, 2.05) is 43.3 Å². The maximum atomic E-state index is 13.1. The van der Waals surface area contributed by atoms with Gasteiger partial charge < -0.3 is 19.5 Å². The minimum absolute atomic E-state index is 0.151. The van der Waals surface area contributed by atoms with Gasteiger partial charge in [-0.05, 0) is 54.7 Å². The summed E-state index contributed by atoms with van der Waals surface area (Å²) < 4.78 is 7.14. The van der Waals surface area contributed by atoms with Gasteiger partial charge in [-0.1, -0.05) is 30.3 Å². The lowest BCUT2D eigenvalue weighted by molar-refractivity contribution is 0.0682. The van der Waals surface area contributed by atoms with E-state index in [2.05, 4.69) is 5.32 Å². The smallest absolute Gasteiger partial charge is 0.263 e. The molecule has 172 valence electrons. The molecule has 2 aromatic carbocycles. The number of fused-ring (bicyclic) bond motifs is 1. The molecule has 0 atom stereocenters. The van der Waals surface area contributed by atoms with Gasteiger partial charge in [0.1, 0.15) is 11.3 Å². The van der Waals surface area contributed by atoms with E-state index >= 15 is 0 Å².